The Morgan fingerprint density at radius 3 is 2.84 bits per heavy atom. The van der Waals surface area contributed by atoms with E-state index in [1.165, 1.54) is 29.7 Å². The smallest absolute Gasteiger partial charge is 0.341 e. The van der Waals surface area contributed by atoms with Crippen LogP contribution < -0.4 is 5.32 Å². The minimum atomic E-state index is -0.404. The van der Waals surface area contributed by atoms with Crippen LogP contribution in [0.5, 0.6) is 0 Å². The number of pyridine rings is 1. The number of nitrogens with zero attached hydrogens (tertiary/aromatic N) is 3. The van der Waals surface area contributed by atoms with Crippen molar-refractivity contribution in [3.05, 3.63) is 40.5 Å². The highest BCUT2D eigenvalue weighted by Crippen LogP contribution is 2.37. The molecule has 0 spiro atoms. The molecule has 0 radical (unpaired) electrons. The summed E-state index contributed by atoms with van der Waals surface area (Å²) in [7, 11) is 1.37. The third kappa shape index (κ3) is 5.13. The monoisotopic (exact) mass is 458 g/mol. The van der Waals surface area contributed by atoms with Gasteiger partial charge in [-0.1, -0.05) is 24.6 Å². The van der Waals surface area contributed by atoms with Gasteiger partial charge in [-0.3, -0.25) is 9.78 Å². The third-order valence-electron chi connectivity index (χ3n) is 4.96. The molecule has 3 aromatic rings. The van der Waals surface area contributed by atoms with Gasteiger partial charge in [0, 0.05) is 17.3 Å². The number of hydrogen-bond acceptors (Lipinski definition) is 9. The fourth-order valence-corrected chi connectivity index (χ4v) is 5.35. The van der Waals surface area contributed by atoms with Gasteiger partial charge in [0.25, 0.3) is 5.22 Å². The minimum Gasteiger partial charge on any atom is -0.465 e. The lowest BCUT2D eigenvalue weighted by Gasteiger charge is -2.10. The number of esters is 1. The molecule has 0 atom stereocenters. The topological polar surface area (TPSA) is 107 Å². The number of amides is 1. The van der Waals surface area contributed by atoms with E-state index >= 15 is 0 Å². The molecule has 3 aromatic heterocycles. The van der Waals surface area contributed by atoms with E-state index < -0.39 is 5.97 Å². The van der Waals surface area contributed by atoms with Gasteiger partial charge in [0.2, 0.25) is 11.8 Å². The van der Waals surface area contributed by atoms with E-state index in [1.54, 1.807) is 18.5 Å². The van der Waals surface area contributed by atoms with Gasteiger partial charge in [0.1, 0.15) is 5.00 Å². The Bertz CT molecular complexity index is 1060. The van der Waals surface area contributed by atoms with Gasteiger partial charge < -0.3 is 14.5 Å². The molecule has 10 heteroatoms. The Kier molecular flexibility index (Phi) is 6.98. The van der Waals surface area contributed by atoms with Crippen molar-refractivity contribution in [1.82, 2.24) is 15.2 Å². The van der Waals surface area contributed by atoms with E-state index in [1.807, 2.05) is 6.07 Å². The Morgan fingerprint density at radius 1 is 1.23 bits per heavy atom. The van der Waals surface area contributed by atoms with E-state index in [9.17, 15) is 9.59 Å². The lowest BCUT2D eigenvalue weighted by Crippen LogP contribution is -2.16. The number of anilines is 1. The number of ether oxygens (including phenoxy) is 1. The quantitative estimate of drug-likeness (QED) is 0.429. The van der Waals surface area contributed by atoms with Crippen LogP contribution in [0.15, 0.2) is 34.2 Å². The zero-order chi connectivity index (χ0) is 21.6. The Morgan fingerprint density at radius 2 is 2.06 bits per heavy atom. The second-order valence-corrected chi connectivity index (χ2v) is 9.10. The highest BCUT2D eigenvalue weighted by atomic mass is 32.2. The molecule has 0 saturated heterocycles. The zero-order valence-electron chi connectivity index (χ0n) is 17.1. The predicted octanol–water partition coefficient (Wildman–Crippen LogP) is 4.37. The summed E-state index contributed by atoms with van der Waals surface area (Å²) < 4.78 is 10.6. The third-order valence-corrected chi connectivity index (χ3v) is 6.98. The van der Waals surface area contributed by atoms with Gasteiger partial charge in [-0.2, -0.15) is 0 Å². The van der Waals surface area contributed by atoms with Crippen LogP contribution in [0.3, 0.4) is 0 Å². The number of aryl methyl sites for hydroxylation is 1. The van der Waals surface area contributed by atoms with E-state index in [0.717, 1.165) is 49.4 Å². The predicted molar refractivity (Wildman–Crippen MR) is 118 cm³/mol. The van der Waals surface area contributed by atoms with Crippen LogP contribution in [0.4, 0.5) is 5.00 Å². The molecule has 8 nitrogen and oxygen atoms in total. The minimum absolute atomic E-state index is 0.0812. The second-order valence-electron chi connectivity index (χ2n) is 7.07. The van der Waals surface area contributed by atoms with Crippen LogP contribution in [-0.4, -0.2) is 39.9 Å². The lowest BCUT2D eigenvalue weighted by atomic mass is 9.96. The van der Waals surface area contributed by atoms with Gasteiger partial charge in [0.15, 0.2) is 0 Å². The molecule has 1 aliphatic carbocycles. The van der Waals surface area contributed by atoms with Gasteiger partial charge in [-0.05, 0) is 43.4 Å². The molecule has 0 bridgehead atoms. The number of nitrogens with one attached hydrogen (secondary N) is 1. The molecule has 162 valence electrons. The first-order chi connectivity index (χ1) is 15.2. The van der Waals surface area contributed by atoms with E-state index in [2.05, 4.69) is 20.5 Å². The van der Waals surface area contributed by atoms with Gasteiger partial charge in [-0.25, -0.2) is 4.79 Å². The Balaban J connectivity index is 1.44. The number of methoxy groups -OCH3 is 1. The van der Waals surface area contributed by atoms with Crippen molar-refractivity contribution in [1.29, 1.82) is 0 Å². The number of fused-ring (bicyclic) bond motifs is 1. The summed E-state index contributed by atoms with van der Waals surface area (Å²) in [6, 6.07) is 3.60. The van der Waals surface area contributed by atoms with E-state index in [-0.39, 0.29) is 11.7 Å². The number of carbonyl (C=O) groups is 2. The molecule has 0 aromatic carbocycles. The standard InChI is InChI=1S/C21H22N4O4S2/c1-28-20(27)17-14-8-4-2-3-5-9-15(14)31-19(17)23-16(26)12-30-21-25-24-18(29-21)13-7-6-10-22-11-13/h6-7,10-11H,2-5,8-9,12H2,1H3,(H,23,26). The first-order valence-electron chi connectivity index (χ1n) is 10.0. The number of aromatic nitrogens is 3. The molecular weight excluding hydrogens is 436 g/mol. The number of rotatable bonds is 6. The van der Waals surface area contributed by atoms with Crippen molar-refractivity contribution >= 4 is 40.0 Å². The highest BCUT2D eigenvalue weighted by molar-refractivity contribution is 7.99. The van der Waals surface area contributed by atoms with Crippen LogP contribution >= 0.6 is 23.1 Å². The summed E-state index contributed by atoms with van der Waals surface area (Å²) in [4.78, 5) is 30.2. The maximum Gasteiger partial charge on any atom is 0.341 e. The molecule has 1 N–H and O–H groups in total. The molecule has 31 heavy (non-hydrogen) atoms. The van der Waals surface area contributed by atoms with Crippen molar-refractivity contribution in [2.45, 2.75) is 43.7 Å². The number of thiophene rings is 1. The highest BCUT2D eigenvalue weighted by Gasteiger charge is 2.26. The lowest BCUT2D eigenvalue weighted by molar-refractivity contribution is -0.113. The van der Waals surface area contributed by atoms with Gasteiger partial charge >= 0.3 is 5.97 Å². The summed E-state index contributed by atoms with van der Waals surface area (Å²) in [6.07, 6.45) is 9.52. The van der Waals surface area contributed by atoms with Crippen LogP contribution in [0.25, 0.3) is 11.5 Å². The molecule has 0 saturated carbocycles. The largest absolute Gasteiger partial charge is 0.465 e. The molecule has 1 amide bonds. The van der Waals surface area contributed by atoms with Gasteiger partial charge in [0.05, 0.1) is 24.0 Å². The van der Waals surface area contributed by atoms with Crippen molar-refractivity contribution in [2.24, 2.45) is 0 Å². The summed E-state index contributed by atoms with van der Waals surface area (Å²) in [5.74, 6) is -0.218. The van der Waals surface area contributed by atoms with Crippen molar-refractivity contribution < 1.29 is 18.7 Å². The fourth-order valence-electron chi connectivity index (χ4n) is 3.49. The normalized spacial score (nSPS) is 13.7. The fraction of sp³-hybridized carbons (Fsp3) is 0.381. The van der Waals surface area contributed by atoms with Crippen LogP contribution in [0.1, 0.15) is 46.5 Å². The van der Waals surface area contributed by atoms with Crippen LogP contribution in [0.2, 0.25) is 0 Å². The van der Waals surface area contributed by atoms with Crippen molar-refractivity contribution in [3.8, 4) is 11.5 Å². The SMILES string of the molecule is COC(=O)c1c(NC(=O)CSc2nnc(-c3cccnc3)o2)sc2c1CCCCCC2. The number of hydrogen-bond donors (Lipinski definition) is 1. The molecule has 0 unspecified atom stereocenters. The van der Waals surface area contributed by atoms with E-state index in [0.29, 0.717) is 27.2 Å². The maximum absolute atomic E-state index is 12.6. The summed E-state index contributed by atoms with van der Waals surface area (Å²) >= 11 is 2.62. The molecular formula is C21H22N4O4S2. The second kappa shape index (κ2) is 10.1. The zero-order valence-corrected chi connectivity index (χ0v) is 18.7. The summed E-state index contributed by atoms with van der Waals surface area (Å²) in [6.45, 7) is 0. The summed E-state index contributed by atoms with van der Waals surface area (Å²) in [5, 5.41) is 11.7. The molecule has 3 heterocycles. The molecule has 0 fully saturated rings. The maximum atomic E-state index is 12.6. The molecule has 1 aliphatic rings. The molecule has 4 rings (SSSR count). The summed E-state index contributed by atoms with van der Waals surface area (Å²) in [5.41, 5.74) is 2.24. The molecule has 0 aliphatic heterocycles. The Hall–Kier alpha value is -2.72. The van der Waals surface area contributed by atoms with E-state index in [4.69, 9.17) is 9.15 Å². The van der Waals surface area contributed by atoms with Crippen LogP contribution in [0, 0.1) is 0 Å². The number of thioether (sulfide) groups is 1. The van der Waals surface area contributed by atoms with Crippen molar-refractivity contribution in [2.75, 3.05) is 18.2 Å². The average Bonchev–Trinajstić information content (AvgIpc) is 3.37. The average molecular weight is 459 g/mol. The first kappa shape index (κ1) is 21.5. The van der Waals surface area contributed by atoms with Gasteiger partial charge in [-0.15, -0.1) is 21.5 Å². The van der Waals surface area contributed by atoms with Crippen LogP contribution in [-0.2, 0) is 22.4 Å². The Labute approximate surface area is 187 Å². The van der Waals surface area contributed by atoms with Crippen molar-refractivity contribution in [3.63, 3.8) is 0 Å². The first-order valence-corrected chi connectivity index (χ1v) is 11.9. The number of carbonyl (C=O) groups excluding carboxylic acids is 2.